The van der Waals surface area contributed by atoms with Gasteiger partial charge in [-0.1, -0.05) is 30.6 Å². The molecule has 1 fully saturated rings. The molecule has 1 aliphatic carbocycles. The number of ether oxygens (including phenoxy) is 2. The molecule has 1 aliphatic rings. The maximum Gasteiger partial charge on any atom is 0.248 e. The number of thiazole rings is 1. The largest absolute Gasteiger partial charge is 0.494 e. The normalized spacial score (nSPS) is 16.1. The summed E-state index contributed by atoms with van der Waals surface area (Å²) in [5.74, 6) is 1.36. The van der Waals surface area contributed by atoms with E-state index in [0.717, 1.165) is 33.6 Å². The van der Waals surface area contributed by atoms with E-state index >= 15 is 0 Å². The van der Waals surface area contributed by atoms with Gasteiger partial charge in [0.25, 0.3) is 0 Å². The average molecular weight is 391 g/mol. The Hall–Kier alpha value is -1.66. The Labute approximate surface area is 165 Å². The SMILES string of the molecule is CCOCCn1c(=NC(=O)CC2CCCCC2)sc2cc(OCC)ccc21. The second-order valence-electron chi connectivity index (χ2n) is 7.01. The van der Waals surface area contributed by atoms with Gasteiger partial charge < -0.3 is 14.0 Å². The van der Waals surface area contributed by atoms with Crippen molar-refractivity contribution in [3.05, 3.63) is 23.0 Å². The molecule has 0 atom stereocenters. The molecule has 3 rings (SSSR count). The van der Waals surface area contributed by atoms with Crippen LogP contribution in [0.2, 0.25) is 0 Å². The van der Waals surface area contributed by atoms with Crippen LogP contribution >= 0.6 is 11.3 Å². The lowest BCUT2D eigenvalue weighted by molar-refractivity contribution is -0.119. The zero-order valence-electron chi connectivity index (χ0n) is 16.4. The molecule has 6 heteroatoms. The Bertz CT molecular complexity index is 818. The summed E-state index contributed by atoms with van der Waals surface area (Å²) in [6, 6.07) is 6.06. The lowest BCUT2D eigenvalue weighted by Gasteiger charge is -2.19. The van der Waals surface area contributed by atoms with E-state index in [4.69, 9.17) is 9.47 Å². The number of aromatic nitrogens is 1. The average Bonchev–Trinajstić information content (AvgIpc) is 2.99. The van der Waals surface area contributed by atoms with Crippen LogP contribution in [0.4, 0.5) is 0 Å². The summed E-state index contributed by atoms with van der Waals surface area (Å²) in [6.07, 6.45) is 6.69. The van der Waals surface area contributed by atoms with Crippen LogP contribution in [0.3, 0.4) is 0 Å². The second-order valence-corrected chi connectivity index (χ2v) is 8.02. The number of benzene rings is 1. The molecule has 2 aromatic rings. The summed E-state index contributed by atoms with van der Waals surface area (Å²) >= 11 is 1.55. The Morgan fingerprint density at radius 2 is 2.04 bits per heavy atom. The van der Waals surface area contributed by atoms with Gasteiger partial charge >= 0.3 is 0 Å². The molecule has 0 N–H and O–H groups in total. The number of rotatable bonds is 8. The number of carbonyl (C=O) groups is 1. The van der Waals surface area contributed by atoms with Crippen LogP contribution < -0.4 is 9.54 Å². The van der Waals surface area contributed by atoms with Gasteiger partial charge in [-0.25, -0.2) is 0 Å². The summed E-state index contributed by atoms with van der Waals surface area (Å²) in [7, 11) is 0. The summed E-state index contributed by atoms with van der Waals surface area (Å²) in [5.41, 5.74) is 1.08. The minimum absolute atomic E-state index is 0.00338. The van der Waals surface area contributed by atoms with Crippen molar-refractivity contribution in [2.24, 2.45) is 10.9 Å². The number of amides is 1. The third kappa shape index (κ3) is 5.42. The van der Waals surface area contributed by atoms with Crippen LogP contribution in [0.1, 0.15) is 52.4 Å². The van der Waals surface area contributed by atoms with Crippen molar-refractivity contribution in [3.8, 4) is 5.75 Å². The maximum atomic E-state index is 12.6. The Balaban J connectivity index is 1.88. The second kappa shape index (κ2) is 10.0. The lowest BCUT2D eigenvalue weighted by Crippen LogP contribution is -2.20. The van der Waals surface area contributed by atoms with Gasteiger partial charge in [0, 0.05) is 19.6 Å². The monoisotopic (exact) mass is 390 g/mol. The molecule has 0 radical (unpaired) electrons. The van der Waals surface area contributed by atoms with E-state index in [1.807, 2.05) is 32.0 Å². The third-order valence-electron chi connectivity index (χ3n) is 5.04. The van der Waals surface area contributed by atoms with Gasteiger partial charge in [0.15, 0.2) is 4.80 Å². The first-order valence-corrected chi connectivity index (χ1v) is 10.9. The van der Waals surface area contributed by atoms with E-state index in [1.54, 1.807) is 11.3 Å². The molecule has 0 aliphatic heterocycles. The smallest absolute Gasteiger partial charge is 0.248 e. The molecule has 1 heterocycles. The topological polar surface area (TPSA) is 52.8 Å². The molecule has 1 aromatic carbocycles. The van der Waals surface area contributed by atoms with E-state index in [-0.39, 0.29) is 5.91 Å². The molecular weight excluding hydrogens is 360 g/mol. The summed E-state index contributed by atoms with van der Waals surface area (Å²) in [5, 5.41) is 0. The summed E-state index contributed by atoms with van der Waals surface area (Å²) in [4.78, 5) is 17.8. The Morgan fingerprint density at radius 3 is 2.78 bits per heavy atom. The maximum absolute atomic E-state index is 12.6. The van der Waals surface area contributed by atoms with Gasteiger partial charge in [-0.05, 0) is 50.8 Å². The van der Waals surface area contributed by atoms with Gasteiger partial charge in [-0.3, -0.25) is 4.79 Å². The quantitative estimate of drug-likeness (QED) is 0.622. The molecule has 0 spiro atoms. The van der Waals surface area contributed by atoms with Crippen LogP contribution in [0.5, 0.6) is 5.75 Å². The fourth-order valence-corrected chi connectivity index (χ4v) is 4.80. The van der Waals surface area contributed by atoms with Crippen LogP contribution in [-0.4, -0.2) is 30.3 Å². The summed E-state index contributed by atoms with van der Waals surface area (Å²) in [6.45, 7) is 6.59. The minimum atomic E-state index is 0.00338. The molecule has 1 saturated carbocycles. The Morgan fingerprint density at radius 1 is 1.22 bits per heavy atom. The first kappa shape index (κ1) is 20.1. The van der Waals surface area contributed by atoms with Crippen molar-refractivity contribution in [3.63, 3.8) is 0 Å². The van der Waals surface area contributed by atoms with E-state index in [0.29, 0.717) is 38.7 Å². The van der Waals surface area contributed by atoms with Crippen LogP contribution in [0.15, 0.2) is 23.2 Å². The van der Waals surface area contributed by atoms with E-state index in [1.165, 1.54) is 19.3 Å². The highest BCUT2D eigenvalue weighted by atomic mass is 32.1. The van der Waals surface area contributed by atoms with Crippen molar-refractivity contribution in [1.29, 1.82) is 0 Å². The molecule has 148 valence electrons. The minimum Gasteiger partial charge on any atom is -0.494 e. The molecular formula is C21H30N2O3S. The highest BCUT2D eigenvalue weighted by Crippen LogP contribution is 2.27. The highest BCUT2D eigenvalue weighted by Gasteiger charge is 2.17. The van der Waals surface area contributed by atoms with Crippen molar-refractivity contribution in [2.75, 3.05) is 19.8 Å². The number of carbonyl (C=O) groups excluding carboxylic acids is 1. The first-order chi connectivity index (χ1) is 13.2. The number of fused-ring (bicyclic) bond motifs is 1. The number of hydrogen-bond donors (Lipinski definition) is 0. The standard InChI is InChI=1S/C21H30N2O3S/c1-3-25-13-12-23-18-11-10-17(26-4-2)15-19(18)27-21(23)22-20(24)14-16-8-6-5-7-9-16/h10-11,15-16H,3-9,12-14H2,1-2H3. The number of hydrogen-bond acceptors (Lipinski definition) is 4. The van der Waals surface area contributed by atoms with Gasteiger partial charge in [0.1, 0.15) is 5.75 Å². The van der Waals surface area contributed by atoms with Gasteiger partial charge in [-0.2, -0.15) is 4.99 Å². The predicted octanol–water partition coefficient (Wildman–Crippen LogP) is 4.54. The highest BCUT2D eigenvalue weighted by molar-refractivity contribution is 7.16. The van der Waals surface area contributed by atoms with E-state index in [2.05, 4.69) is 9.56 Å². The molecule has 0 saturated heterocycles. The van der Waals surface area contributed by atoms with Gasteiger partial charge in [-0.15, -0.1) is 0 Å². The van der Waals surface area contributed by atoms with Crippen LogP contribution in [0, 0.1) is 5.92 Å². The first-order valence-electron chi connectivity index (χ1n) is 10.1. The molecule has 1 aromatic heterocycles. The fraction of sp³-hybridized carbons (Fsp3) is 0.619. The van der Waals surface area contributed by atoms with Crippen molar-refractivity contribution >= 4 is 27.5 Å². The van der Waals surface area contributed by atoms with Gasteiger partial charge in [0.05, 0.1) is 23.4 Å². The van der Waals surface area contributed by atoms with Crippen LogP contribution in [0.25, 0.3) is 10.2 Å². The van der Waals surface area contributed by atoms with E-state index < -0.39 is 0 Å². The number of nitrogens with zero attached hydrogens (tertiary/aromatic N) is 2. The van der Waals surface area contributed by atoms with Gasteiger partial charge in [0.2, 0.25) is 5.91 Å². The van der Waals surface area contributed by atoms with E-state index in [9.17, 15) is 4.79 Å². The molecule has 1 amide bonds. The molecule has 27 heavy (non-hydrogen) atoms. The molecule has 0 unspecified atom stereocenters. The third-order valence-corrected chi connectivity index (χ3v) is 6.08. The Kier molecular flexibility index (Phi) is 7.47. The fourth-order valence-electron chi connectivity index (χ4n) is 3.70. The van der Waals surface area contributed by atoms with Crippen molar-refractivity contribution in [2.45, 2.75) is 58.9 Å². The summed E-state index contributed by atoms with van der Waals surface area (Å²) < 4.78 is 14.3. The lowest BCUT2D eigenvalue weighted by atomic mass is 9.87. The zero-order chi connectivity index (χ0) is 19.1. The van der Waals surface area contributed by atoms with Crippen LogP contribution in [-0.2, 0) is 16.1 Å². The molecule has 5 nitrogen and oxygen atoms in total. The molecule has 0 bridgehead atoms. The zero-order valence-corrected chi connectivity index (χ0v) is 17.2. The van der Waals surface area contributed by atoms with Crippen molar-refractivity contribution < 1.29 is 14.3 Å². The van der Waals surface area contributed by atoms with Crippen molar-refractivity contribution in [1.82, 2.24) is 4.57 Å². The predicted molar refractivity (Wildman–Crippen MR) is 109 cm³/mol.